The Morgan fingerprint density at radius 2 is 2.00 bits per heavy atom. The third-order valence-electron chi connectivity index (χ3n) is 5.11. The number of carbonyl (C=O) groups is 1. The van der Waals surface area contributed by atoms with Gasteiger partial charge in [0.25, 0.3) is 5.91 Å². The molecule has 1 saturated carbocycles. The van der Waals surface area contributed by atoms with E-state index in [4.69, 9.17) is 4.74 Å². The highest BCUT2D eigenvalue weighted by Crippen LogP contribution is 2.39. The van der Waals surface area contributed by atoms with Gasteiger partial charge < -0.3 is 9.64 Å². The van der Waals surface area contributed by atoms with Crippen LogP contribution in [0.15, 0.2) is 29.3 Å². The first-order valence-corrected chi connectivity index (χ1v) is 11.5. The molecule has 3 aliphatic rings. The second-order valence-corrected chi connectivity index (χ2v) is 10.5. The molecule has 0 bridgehead atoms. The van der Waals surface area contributed by atoms with Crippen molar-refractivity contribution in [2.24, 2.45) is 10.9 Å². The number of sulfone groups is 1. The lowest BCUT2D eigenvalue weighted by atomic mass is 10.1. The fraction of sp³-hybridized carbons (Fsp3) is 0.556. The average Bonchev–Trinajstić information content (AvgIpc) is 3.35. The smallest absolute Gasteiger partial charge is 0.251 e. The first kappa shape index (κ1) is 17.9. The first-order chi connectivity index (χ1) is 12.4. The van der Waals surface area contributed by atoms with Crippen molar-refractivity contribution in [3.8, 4) is 5.75 Å². The molecule has 0 aromatic heterocycles. The SMILES string of the molecule is COc1ccc(CCN2C(=NC(=O)C3CC3)SC3CS(=O)(=O)CC32)cc1. The van der Waals surface area contributed by atoms with Crippen LogP contribution in [0.2, 0.25) is 0 Å². The van der Waals surface area contributed by atoms with Crippen LogP contribution >= 0.6 is 11.8 Å². The fourth-order valence-electron chi connectivity index (χ4n) is 3.45. The number of amidine groups is 1. The van der Waals surface area contributed by atoms with Crippen molar-refractivity contribution in [1.29, 1.82) is 0 Å². The Balaban J connectivity index is 1.50. The summed E-state index contributed by atoms with van der Waals surface area (Å²) in [6.45, 7) is 0.660. The highest BCUT2D eigenvalue weighted by molar-refractivity contribution is 8.15. The van der Waals surface area contributed by atoms with E-state index in [0.717, 1.165) is 30.6 Å². The molecular weight excluding hydrogens is 372 g/mol. The van der Waals surface area contributed by atoms with Gasteiger partial charge in [0.1, 0.15) is 5.75 Å². The first-order valence-electron chi connectivity index (χ1n) is 8.84. The molecule has 1 aromatic carbocycles. The summed E-state index contributed by atoms with van der Waals surface area (Å²) in [5, 5.41) is 0.696. The summed E-state index contributed by atoms with van der Waals surface area (Å²) in [6, 6.07) is 7.79. The van der Waals surface area contributed by atoms with Crippen LogP contribution in [0.1, 0.15) is 18.4 Å². The standard InChI is InChI=1S/C18H22N2O4S2/c1-24-14-6-2-12(3-7-14)8-9-20-15-10-26(22,23)11-16(15)25-18(20)19-17(21)13-4-5-13/h2-3,6-7,13,15-16H,4-5,8-11H2,1H3. The molecular formula is C18H22N2O4S2. The number of ether oxygens (including phenoxy) is 1. The van der Waals surface area contributed by atoms with Crippen LogP contribution in [0.5, 0.6) is 5.75 Å². The topological polar surface area (TPSA) is 76.0 Å². The number of amides is 1. The Labute approximate surface area is 157 Å². The van der Waals surface area contributed by atoms with Gasteiger partial charge in [-0.15, -0.1) is 0 Å². The summed E-state index contributed by atoms with van der Waals surface area (Å²) in [6.07, 6.45) is 2.62. The molecule has 0 spiro atoms. The Bertz CT molecular complexity index is 831. The Morgan fingerprint density at radius 3 is 2.65 bits per heavy atom. The predicted octanol–water partition coefficient (Wildman–Crippen LogP) is 1.74. The van der Waals surface area contributed by atoms with Gasteiger partial charge in [-0.3, -0.25) is 4.79 Å². The van der Waals surface area contributed by atoms with Crippen molar-refractivity contribution < 1.29 is 17.9 Å². The van der Waals surface area contributed by atoms with Gasteiger partial charge in [0.05, 0.1) is 24.7 Å². The lowest BCUT2D eigenvalue weighted by Crippen LogP contribution is -2.39. The summed E-state index contributed by atoms with van der Waals surface area (Å²) >= 11 is 1.46. The molecule has 1 amide bonds. The van der Waals surface area contributed by atoms with Crippen molar-refractivity contribution in [3.63, 3.8) is 0 Å². The number of aliphatic imine (C=N–C) groups is 1. The van der Waals surface area contributed by atoms with Crippen molar-refractivity contribution in [3.05, 3.63) is 29.8 Å². The van der Waals surface area contributed by atoms with Gasteiger partial charge in [-0.1, -0.05) is 23.9 Å². The van der Waals surface area contributed by atoms with Crippen LogP contribution in [-0.2, 0) is 21.1 Å². The van der Waals surface area contributed by atoms with E-state index < -0.39 is 9.84 Å². The molecule has 1 aromatic rings. The van der Waals surface area contributed by atoms with Crippen LogP contribution in [0.3, 0.4) is 0 Å². The molecule has 26 heavy (non-hydrogen) atoms. The van der Waals surface area contributed by atoms with E-state index in [2.05, 4.69) is 4.99 Å². The Morgan fingerprint density at radius 1 is 1.27 bits per heavy atom. The summed E-state index contributed by atoms with van der Waals surface area (Å²) in [5.74, 6) is 1.17. The zero-order valence-electron chi connectivity index (χ0n) is 14.6. The van der Waals surface area contributed by atoms with Crippen molar-refractivity contribution in [2.75, 3.05) is 25.2 Å². The van der Waals surface area contributed by atoms with Crippen LogP contribution in [0.25, 0.3) is 0 Å². The second-order valence-electron chi connectivity index (χ2n) is 7.10. The summed E-state index contributed by atoms with van der Waals surface area (Å²) in [4.78, 5) is 18.5. The highest BCUT2D eigenvalue weighted by Gasteiger charge is 2.48. The van der Waals surface area contributed by atoms with Crippen LogP contribution in [0.4, 0.5) is 0 Å². The molecule has 2 atom stereocenters. The number of fused-ring (bicyclic) bond motifs is 1. The second kappa shape index (κ2) is 6.88. The number of hydrogen-bond donors (Lipinski definition) is 0. The minimum atomic E-state index is -3.01. The van der Waals surface area contributed by atoms with Gasteiger partial charge >= 0.3 is 0 Å². The van der Waals surface area contributed by atoms with E-state index in [0.29, 0.717) is 11.7 Å². The van der Waals surface area contributed by atoms with Crippen LogP contribution < -0.4 is 4.74 Å². The average molecular weight is 395 g/mol. The Hall–Kier alpha value is -1.54. The normalized spacial score (nSPS) is 28.3. The van der Waals surface area contributed by atoms with Gasteiger partial charge in [0.15, 0.2) is 15.0 Å². The molecule has 2 heterocycles. The number of thioether (sulfide) groups is 1. The van der Waals surface area contributed by atoms with Crippen molar-refractivity contribution >= 4 is 32.7 Å². The summed E-state index contributed by atoms with van der Waals surface area (Å²) in [7, 11) is -1.37. The third kappa shape index (κ3) is 3.76. The molecule has 0 radical (unpaired) electrons. The number of methoxy groups -OCH3 is 1. The fourth-order valence-corrected chi connectivity index (χ4v) is 7.44. The van der Waals surface area contributed by atoms with E-state index in [9.17, 15) is 13.2 Å². The zero-order valence-corrected chi connectivity index (χ0v) is 16.3. The molecule has 2 unspecified atom stereocenters. The lowest BCUT2D eigenvalue weighted by Gasteiger charge is -2.24. The molecule has 0 N–H and O–H groups in total. The number of benzene rings is 1. The molecule has 6 nitrogen and oxygen atoms in total. The van der Waals surface area contributed by atoms with Crippen LogP contribution in [-0.4, -0.2) is 60.8 Å². The van der Waals surface area contributed by atoms with Gasteiger partial charge in [-0.25, -0.2) is 8.42 Å². The zero-order chi connectivity index (χ0) is 18.3. The summed E-state index contributed by atoms with van der Waals surface area (Å²) < 4.78 is 29.2. The molecule has 3 fully saturated rings. The minimum absolute atomic E-state index is 0.0124. The molecule has 1 aliphatic carbocycles. The Kier molecular flexibility index (Phi) is 4.73. The number of carbonyl (C=O) groups excluding carboxylic acids is 1. The maximum absolute atomic E-state index is 12.1. The van der Waals surface area contributed by atoms with Crippen molar-refractivity contribution in [2.45, 2.75) is 30.6 Å². The number of hydrogen-bond acceptors (Lipinski definition) is 5. The van der Waals surface area contributed by atoms with Gasteiger partial charge in [0.2, 0.25) is 0 Å². The van der Waals surface area contributed by atoms with Gasteiger partial charge in [0, 0.05) is 17.7 Å². The lowest BCUT2D eigenvalue weighted by molar-refractivity contribution is -0.118. The molecule has 140 valence electrons. The summed E-state index contributed by atoms with van der Waals surface area (Å²) in [5.41, 5.74) is 1.15. The maximum Gasteiger partial charge on any atom is 0.251 e. The van der Waals surface area contributed by atoms with E-state index in [1.165, 1.54) is 11.8 Å². The minimum Gasteiger partial charge on any atom is -0.497 e. The number of nitrogens with zero attached hydrogens (tertiary/aromatic N) is 2. The van der Waals surface area contributed by atoms with E-state index >= 15 is 0 Å². The van der Waals surface area contributed by atoms with Gasteiger partial charge in [-0.05, 0) is 37.0 Å². The predicted molar refractivity (Wildman–Crippen MR) is 102 cm³/mol. The molecule has 2 saturated heterocycles. The molecule has 8 heteroatoms. The van der Waals surface area contributed by atoms with E-state index in [1.54, 1.807) is 7.11 Å². The number of rotatable bonds is 5. The monoisotopic (exact) mass is 394 g/mol. The van der Waals surface area contributed by atoms with Crippen molar-refractivity contribution in [1.82, 2.24) is 4.90 Å². The van der Waals surface area contributed by atoms with Gasteiger partial charge in [-0.2, -0.15) is 4.99 Å². The maximum atomic E-state index is 12.1. The third-order valence-corrected chi connectivity index (χ3v) is 8.36. The largest absolute Gasteiger partial charge is 0.497 e. The van der Waals surface area contributed by atoms with E-state index in [-0.39, 0.29) is 34.6 Å². The highest BCUT2D eigenvalue weighted by atomic mass is 32.2. The van der Waals surface area contributed by atoms with E-state index in [1.807, 2.05) is 29.2 Å². The quantitative estimate of drug-likeness (QED) is 0.757. The molecule has 4 rings (SSSR count). The molecule has 2 aliphatic heterocycles. The van der Waals surface area contributed by atoms with Crippen LogP contribution in [0, 0.1) is 5.92 Å².